The summed E-state index contributed by atoms with van der Waals surface area (Å²) in [5.41, 5.74) is 3.85. The summed E-state index contributed by atoms with van der Waals surface area (Å²) >= 11 is 2.91. The van der Waals surface area contributed by atoms with E-state index in [1.165, 1.54) is 6.07 Å². The molecule has 1 aliphatic rings. The third-order valence-electron chi connectivity index (χ3n) is 3.79. The van der Waals surface area contributed by atoms with E-state index in [1.54, 1.807) is 0 Å². The Morgan fingerprint density at radius 3 is 2.50 bits per heavy atom. The summed E-state index contributed by atoms with van der Waals surface area (Å²) in [7, 11) is 0. The van der Waals surface area contributed by atoms with Gasteiger partial charge in [0.15, 0.2) is 0 Å². The maximum atomic E-state index is 14.1. The first kappa shape index (κ1) is 15.7. The summed E-state index contributed by atoms with van der Waals surface area (Å²) in [6.45, 7) is 0. The number of hydrogen-bond donors (Lipinski definition) is 1. The van der Waals surface area contributed by atoms with Crippen LogP contribution in [0.15, 0.2) is 16.6 Å². The van der Waals surface area contributed by atoms with Gasteiger partial charge in [-0.2, -0.15) is 13.2 Å². The van der Waals surface area contributed by atoms with Crippen LogP contribution in [-0.4, -0.2) is 6.18 Å². The Balaban J connectivity index is 2.43. The van der Waals surface area contributed by atoms with Gasteiger partial charge in [0.25, 0.3) is 0 Å². The quantitative estimate of drug-likeness (QED) is 0.575. The molecular weight excluding hydrogens is 345 g/mol. The van der Waals surface area contributed by atoms with E-state index in [1.807, 2.05) is 0 Å². The topological polar surface area (TPSA) is 26.0 Å². The smallest absolute Gasteiger partial charge is 0.321 e. The van der Waals surface area contributed by atoms with Crippen LogP contribution >= 0.6 is 15.9 Å². The molecule has 7 heteroatoms. The first-order valence-electron chi connectivity index (χ1n) is 6.15. The first-order valence-corrected chi connectivity index (χ1v) is 6.94. The van der Waals surface area contributed by atoms with Crippen LogP contribution in [0.3, 0.4) is 0 Å². The van der Waals surface area contributed by atoms with Crippen LogP contribution in [0.4, 0.5) is 22.0 Å². The second-order valence-electron chi connectivity index (χ2n) is 5.21. The summed E-state index contributed by atoms with van der Waals surface area (Å²) in [4.78, 5) is 0. The van der Waals surface area contributed by atoms with Gasteiger partial charge in [-0.25, -0.2) is 8.78 Å². The molecule has 1 aliphatic carbocycles. The van der Waals surface area contributed by atoms with E-state index in [0.29, 0.717) is 0 Å². The molecule has 0 bridgehead atoms. The van der Waals surface area contributed by atoms with Crippen LogP contribution in [0, 0.1) is 17.6 Å². The SMILES string of the molecule is NC1(c2c(F)ccc(Br)c2F)CCCC(C(F)(F)F)C1. The zero-order valence-electron chi connectivity index (χ0n) is 10.4. The molecule has 2 unspecified atom stereocenters. The van der Waals surface area contributed by atoms with Crippen LogP contribution in [0.2, 0.25) is 0 Å². The Bertz CT molecular complexity index is 516. The summed E-state index contributed by atoms with van der Waals surface area (Å²) in [6.07, 6.45) is -4.64. The molecule has 1 aromatic carbocycles. The third kappa shape index (κ3) is 2.83. The molecule has 1 fully saturated rings. The van der Waals surface area contributed by atoms with Crippen molar-refractivity contribution in [3.05, 3.63) is 33.8 Å². The molecule has 0 amide bonds. The maximum Gasteiger partial charge on any atom is 0.391 e. The number of benzene rings is 1. The minimum atomic E-state index is -4.40. The van der Waals surface area contributed by atoms with Crippen molar-refractivity contribution >= 4 is 15.9 Å². The molecule has 1 saturated carbocycles. The first-order chi connectivity index (χ1) is 9.15. The number of nitrogens with two attached hydrogens (primary N) is 1. The van der Waals surface area contributed by atoms with Gasteiger partial charge in [0, 0.05) is 11.1 Å². The van der Waals surface area contributed by atoms with Gasteiger partial charge < -0.3 is 5.73 Å². The highest BCUT2D eigenvalue weighted by Crippen LogP contribution is 2.46. The molecule has 2 N–H and O–H groups in total. The van der Waals surface area contributed by atoms with E-state index in [9.17, 15) is 22.0 Å². The fraction of sp³-hybridized carbons (Fsp3) is 0.538. The predicted octanol–water partition coefficient (Wildman–Crippen LogP) is 4.63. The van der Waals surface area contributed by atoms with Gasteiger partial charge in [-0.1, -0.05) is 6.42 Å². The van der Waals surface area contributed by atoms with Crippen molar-refractivity contribution in [2.75, 3.05) is 0 Å². The highest BCUT2D eigenvalue weighted by Gasteiger charge is 2.48. The van der Waals surface area contributed by atoms with E-state index in [4.69, 9.17) is 5.73 Å². The van der Waals surface area contributed by atoms with Gasteiger partial charge in [0.1, 0.15) is 11.6 Å². The Morgan fingerprint density at radius 1 is 1.25 bits per heavy atom. The number of alkyl halides is 3. The molecule has 0 heterocycles. The summed E-state index contributed by atoms with van der Waals surface area (Å²) in [6, 6.07) is 2.18. The van der Waals surface area contributed by atoms with Crippen LogP contribution < -0.4 is 5.73 Å². The zero-order chi connectivity index (χ0) is 15.1. The van der Waals surface area contributed by atoms with Crippen LogP contribution in [-0.2, 0) is 5.54 Å². The normalized spacial score (nSPS) is 27.6. The maximum absolute atomic E-state index is 14.1. The molecule has 0 aliphatic heterocycles. The Kier molecular flexibility index (Phi) is 4.12. The minimum Gasteiger partial charge on any atom is -0.321 e. The Labute approximate surface area is 121 Å². The molecule has 2 atom stereocenters. The van der Waals surface area contributed by atoms with Crippen LogP contribution in [0.25, 0.3) is 0 Å². The van der Waals surface area contributed by atoms with Crippen molar-refractivity contribution in [3.63, 3.8) is 0 Å². The number of hydrogen-bond acceptors (Lipinski definition) is 1. The number of halogens is 6. The molecular formula is C13H13BrF5N. The molecule has 0 radical (unpaired) electrons. The van der Waals surface area contributed by atoms with Gasteiger partial charge in [0.2, 0.25) is 0 Å². The molecule has 1 nitrogen and oxygen atoms in total. The van der Waals surface area contributed by atoms with E-state index < -0.39 is 41.3 Å². The van der Waals surface area contributed by atoms with Crippen LogP contribution in [0.5, 0.6) is 0 Å². The zero-order valence-corrected chi connectivity index (χ0v) is 12.0. The van der Waals surface area contributed by atoms with E-state index in [-0.39, 0.29) is 23.7 Å². The minimum absolute atomic E-state index is 0.00661. The largest absolute Gasteiger partial charge is 0.391 e. The lowest BCUT2D eigenvalue weighted by molar-refractivity contribution is -0.187. The van der Waals surface area contributed by atoms with Crippen molar-refractivity contribution < 1.29 is 22.0 Å². The Hall–Kier alpha value is -0.690. The van der Waals surface area contributed by atoms with Gasteiger partial charge >= 0.3 is 6.18 Å². The lowest BCUT2D eigenvalue weighted by Crippen LogP contribution is -2.46. The van der Waals surface area contributed by atoms with E-state index in [2.05, 4.69) is 15.9 Å². The van der Waals surface area contributed by atoms with Crippen molar-refractivity contribution in [2.45, 2.75) is 37.4 Å². The fourth-order valence-electron chi connectivity index (χ4n) is 2.80. The molecule has 20 heavy (non-hydrogen) atoms. The highest BCUT2D eigenvalue weighted by molar-refractivity contribution is 9.10. The lowest BCUT2D eigenvalue weighted by Gasteiger charge is -2.39. The van der Waals surface area contributed by atoms with Gasteiger partial charge in [-0.3, -0.25) is 0 Å². The average Bonchev–Trinajstić information content (AvgIpc) is 2.33. The van der Waals surface area contributed by atoms with Gasteiger partial charge in [-0.15, -0.1) is 0 Å². The van der Waals surface area contributed by atoms with Gasteiger partial charge in [-0.05, 0) is 47.3 Å². The summed E-state index contributed by atoms with van der Waals surface area (Å²) in [5, 5.41) is 0. The molecule has 1 aromatic rings. The lowest BCUT2D eigenvalue weighted by atomic mass is 9.72. The highest BCUT2D eigenvalue weighted by atomic mass is 79.9. The molecule has 0 aromatic heterocycles. The van der Waals surface area contributed by atoms with Crippen molar-refractivity contribution in [1.29, 1.82) is 0 Å². The monoisotopic (exact) mass is 357 g/mol. The molecule has 112 valence electrons. The predicted molar refractivity (Wildman–Crippen MR) is 67.9 cm³/mol. The second-order valence-corrected chi connectivity index (χ2v) is 6.06. The average molecular weight is 358 g/mol. The third-order valence-corrected chi connectivity index (χ3v) is 4.40. The Morgan fingerprint density at radius 2 is 1.90 bits per heavy atom. The van der Waals surface area contributed by atoms with E-state index >= 15 is 0 Å². The molecule has 2 rings (SSSR count). The van der Waals surface area contributed by atoms with Crippen molar-refractivity contribution in [1.82, 2.24) is 0 Å². The number of rotatable bonds is 1. The molecule has 0 saturated heterocycles. The van der Waals surface area contributed by atoms with Crippen molar-refractivity contribution in [3.8, 4) is 0 Å². The summed E-state index contributed by atoms with van der Waals surface area (Å²) < 4.78 is 66.4. The van der Waals surface area contributed by atoms with Gasteiger partial charge in [0.05, 0.1) is 10.4 Å². The van der Waals surface area contributed by atoms with Crippen molar-refractivity contribution in [2.24, 2.45) is 11.7 Å². The standard InChI is InChI=1S/C13H13BrF5N/c14-8-3-4-9(15)10(11(8)16)12(20)5-1-2-7(6-12)13(17,18)19/h3-4,7H,1-2,5-6,20H2. The summed E-state index contributed by atoms with van der Waals surface area (Å²) in [5.74, 6) is -3.45. The second kappa shape index (κ2) is 5.26. The van der Waals surface area contributed by atoms with Crippen LogP contribution in [0.1, 0.15) is 31.2 Å². The van der Waals surface area contributed by atoms with E-state index in [0.717, 1.165) is 6.07 Å². The fourth-order valence-corrected chi connectivity index (χ4v) is 3.13. The molecule has 0 spiro atoms.